The van der Waals surface area contributed by atoms with E-state index in [1.165, 1.54) is 0 Å². The van der Waals surface area contributed by atoms with Crippen LogP contribution in [-0.2, 0) is 11.2 Å². The fourth-order valence-electron chi connectivity index (χ4n) is 3.23. The second-order valence-corrected chi connectivity index (χ2v) is 8.39. The molecule has 0 saturated heterocycles. The van der Waals surface area contributed by atoms with Gasteiger partial charge in [-0.05, 0) is 95.4 Å². The van der Waals surface area contributed by atoms with Gasteiger partial charge in [-0.3, -0.25) is 0 Å². The van der Waals surface area contributed by atoms with E-state index in [1.54, 1.807) is 12.1 Å². The summed E-state index contributed by atoms with van der Waals surface area (Å²) in [5.41, 5.74) is 1.33. The van der Waals surface area contributed by atoms with E-state index in [0.29, 0.717) is 14.6 Å². The van der Waals surface area contributed by atoms with Gasteiger partial charge < -0.3 is 10.2 Å². The summed E-state index contributed by atoms with van der Waals surface area (Å²) in [6.45, 7) is 0. The van der Waals surface area contributed by atoms with Gasteiger partial charge in [-0.15, -0.1) is 0 Å². The van der Waals surface area contributed by atoms with Crippen LogP contribution in [0, 0.1) is 0 Å². The number of rotatable bonds is 4. The van der Waals surface area contributed by atoms with E-state index < -0.39 is 5.97 Å². The summed E-state index contributed by atoms with van der Waals surface area (Å²) in [5, 5.41) is 23.8. The number of halogens is 2. The van der Waals surface area contributed by atoms with Crippen LogP contribution in [0.2, 0.25) is 0 Å². The highest BCUT2D eigenvalue weighted by atomic mass is 79.9. The third kappa shape index (κ3) is 4.18. The lowest BCUT2D eigenvalue weighted by molar-refractivity contribution is -0.129. The number of phenols is 1. The number of aliphatic carboxylic acids is 1. The molecule has 0 aliphatic carbocycles. The number of phenolic OH excluding ortho intramolecular Hbond substituents is 1. The summed E-state index contributed by atoms with van der Waals surface area (Å²) >= 11 is 6.54. The molecule has 4 aromatic rings. The summed E-state index contributed by atoms with van der Waals surface area (Å²) in [4.78, 5) is 16.2. The Hall–Kier alpha value is -2.70. The molecule has 0 heterocycles. The number of hydrogen-bond donors (Lipinski definition) is 2. The van der Waals surface area contributed by atoms with Crippen molar-refractivity contribution < 1.29 is 15.0 Å². The molecule has 0 aliphatic heterocycles. The van der Waals surface area contributed by atoms with E-state index >= 15 is 0 Å². The van der Waals surface area contributed by atoms with Gasteiger partial charge in [-0.25, -0.2) is 9.79 Å². The van der Waals surface area contributed by atoms with E-state index in [4.69, 9.17) is 0 Å². The lowest BCUT2D eigenvalue weighted by atomic mass is 10.0. The average Bonchev–Trinajstić information content (AvgIpc) is 2.69. The van der Waals surface area contributed by atoms with Crippen LogP contribution in [0.5, 0.6) is 5.75 Å². The molecule has 4 aromatic carbocycles. The lowest BCUT2D eigenvalue weighted by Crippen LogP contribution is -2.15. The van der Waals surface area contributed by atoms with Gasteiger partial charge in [-0.1, -0.05) is 30.3 Å². The van der Waals surface area contributed by atoms with Crippen molar-refractivity contribution in [3.63, 3.8) is 0 Å². The van der Waals surface area contributed by atoms with Crippen LogP contribution in [0.1, 0.15) is 5.56 Å². The Labute approximate surface area is 183 Å². The van der Waals surface area contributed by atoms with Gasteiger partial charge in [0.15, 0.2) is 0 Å². The summed E-state index contributed by atoms with van der Waals surface area (Å²) in [7, 11) is 0. The first kappa shape index (κ1) is 19.6. The fraction of sp³-hybridized carbons (Fsp3) is 0.0435. The molecule has 0 spiro atoms. The Morgan fingerprint density at radius 2 is 1.41 bits per heavy atom. The Bertz CT molecular complexity index is 1280. The number of carbonyl (C=O) groups is 1. The molecule has 144 valence electrons. The molecular formula is C23H15Br2NO3. The SMILES string of the molecule is O=C(O)C(Cc1cc(Br)c(O)c(Br)c1)=Nc1ccc2cc3ccccc3cc2c1. The fourth-order valence-corrected chi connectivity index (χ4v) is 4.51. The summed E-state index contributed by atoms with van der Waals surface area (Å²) < 4.78 is 0.980. The highest BCUT2D eigenvalue weighted by Gasteiger charge is 2.14. The van der Waals surface area contributed by atoms with Crippen LogP contribution < -0.4 is 0 Å². The van der Waals surface area contributed by atoms with Crippen LogP contribution in [0.3, 0.4) is 0 Å². The van der Waals surface area contributed by atoms with Gasteiger partial charge in [0, 0.05) is 6.42 Å². The second-order valence-electron chi connectivity index (χ2n) is 6.68. The van der Waals surface area contributed by atoms with E-state index in [-0.39, 0.29) is 17.9 Å². The van der Waals surface area contributed by atoms with Gasteiger partial charge in [0.2, 0.25) is 0 Å². The Morgan fingerprint density at radius 3 is 2.03 bits per heavy atom. The molecule has 0 aliphatic rings. The van der Waals surface area contributed by atoms with E-state index in [1.807, 2.05) is 36.4 Å². The van der Waals surface area contributed by atoms with Gasteiger partial charge in [0.25, 0.3) is 0 Å². The first-order valence-electron chi connectivity index (χ1n) is 8.81. The summed E-state index contributed by atoms with van der Waals surface area (Å²) in [5.74, 6) is -1.01. The maximum Gasteiger partial charge on any atom is 0.350 e. The minimum absolute atomic E-state index is 0.0228. The molecule has 4 rings (SSSR count). The Kier molecular flexibility index (Phi) is 5.39. The predicted molar refractivity (Wildman–Crippen MR) is 123 cm³/mol. The van der Waals surface area contributed by atoms with Crippen LogP contribution in [-0.4, -0.2) is 21.9 Å². The number of fused-ring (bicyclic) bond motifs is 2. The first-order valence-corrected chi connectivity index (χ1v) is 10.4. The quantitative estimate of drug-likeness (QED) is 0.238. The molecule has 6 heteroatoms. The second kappa shape index (κ2) is 7.97. The third-order valence-corrected chi connectivity index (χ3v) is 5.86. The summed E-state index contributed by atoms with van der Waals surface area (Å²) in [6, 6.07) is 21.4. The van der Waals surface area contributed by atoms with Crippen molar-refractivity contribution in [2.24, 2.45) is 4.99 Å². The number of carboxylic acids is 1. The van der Waals surface area contributed by atoms with Crippen molar-refractivity contribution in [3.05, 3.63) is 81.2 Å². The molecule has 29 heavy (non-hydrogen) atoms. The standard InChI is InChI=1S/C23H15Br2NO3/c24-19-7-13(8-20(25)22(19)27)9-21(23(28)29)26-18-6-5-16-10-14-3-1-2-4-15(14)11-17(16)12-18/h1-8,10-12,27H,9H2,(H,28,29). The first-order chi connectivity index (χ1) is 13.9. The van der Waals surface area contributed by atoms with Crippen molar-refractivity contribution in [2.45, 2.75) is 6.42 Å². The molecule has 0 bridgehead atoms. The Balaban J connectivity index is 1.73. The lowest BCUT2D eigenvalue weighted by Gasteiger charge is -2.07. The topological polar surface area (TPSA) is 69.9 Å². The van der Waals surface area contributed by atoms with Crippen LogP contribution in [0.4, 0.5) is 5.69 Å². The van der Waals surface area contributed by atoms with E-state index in [0.717, 1.165) is 27.1 Å². The largest absolute Gasteiger partial charge is 0.506 e. The highest BCUT2D eigenvalue weighted by Crippen LogP contribution is 2.34. The molecule has 4 nitrogen and oxygen atoms in total. The smallest absolute Gasteiger partial charge is 0.350 e. The monoisotopic (exact) mass is 511 g/mol. The number of benzene rings is 4. The zero-order chi connectivity index (χ0) is 20.5. The van der Waals surface area contributed by atoms with Crippen molar-refractivity contribution >= 4 is 70.8 Å². The number of nitrogens with zero attached hydrogens (tertiary/aromatic N) is 1. The normalized spacial score (nSPS) is 11.9. The molecule has 2 N–H and O–H groups in total. The third-order valence-electron chi connectivity index (χ3n) is 4.65. The predicted octanol–water partition coefficient (Wildman–Crippen LogP) is 6.62. The zero-order valence-corrected chi connectivity index (χ0v) is 18.2. The number of aliphatic imine (C=N–C) groups is 1. The van der Waals surface area contributed by atoms with Crippen molar-refractivity contribution in [1.29, 1.82) is 0 Å². The zero-order valence-electron chi connectivity index (χ0n) is 15.1. The minimum atomic E-state index is -1.08. The Morgan fingerprint density at radius 1 is 0.828 bits per heavy atom. The van der Waals surface area contributed by atoms with Crippen molar-refractivity contribution in [1.82, 2.24) is 0 Å². The van der Waals surface area contributed by atoms with Gasteiger partial charge in [-0.2, -0.15) is 0 Å². The van der Waals surface area contributed by atoms with Crippen LogP contribution >= 0.6 is 31.9 Å². The van der Waals surface area contributed by atoms with E-state index in [2.05, 4.69) is 55.1 Å². The van der Waals surface area contributed by atoms with Crippen molar-refractivity contribution in [2.75, 3.05) is 0 Å². The average molecular weight is 513 g/mol. The number of hydrogen-bond acceptors (Lipinski definition) is 3. The van der Waals surface area contributed by atoms with Gasteiger partial charge in [0.05, 0.1) is 14.6 Å². The highest BCUT2D eigenvalue weighted by molar-refractivity contribution is 9.11. The molecule has 0 amide bonds. The molecule has 0 fully saturated rings. The molecule has 0 radical (unpaired) electrons. The molecule has 0 atom stereocenters. The molecule has 0 saturated carbocycles. The maximum absolute atomic E-state index is 11.8. The van der Waals surface area contributed by atoms with E-state index in [9.17, 15) is 15.0 Å². The minimum Gasteiger partial charge on any atom is -0.506 e. The number of carboxylic acid groups (broad SMARTS) is 1. The van der Waals surface area contributed by atoms with Crippen molar-refractivity contribution in [3.8, 4) is 5.75 Å². The maximum atomic E-state index is 11.8. The molecule has 0 unspecified atom stereocenters. The molecular weight excluding hydrogens is 498 g/mol. The van der Waals surface area contributed by atoms with Crippen LogP contribution in [0.25, 0.3) is 21.5 Å². The van der Waals surface area contributed by atoms with Crippen LogP contribution in [0.15, 0.2) is 80.7 Å². The summed E-state index contributed by atoms with van der Waals surface area (Å²) in [6.07, 6.45) is 0.128. The number of aromatic hydroxyl groups is 1. The molecule has 0 aromatic heterocycles. The van der Waals surface area contributed by atoms with Gasteiger partial charge >= 0.3 is 5.97 Å². The van der Waals surface area contributed by atoms with Gasteiger partial charge in [0.1, 0.15) is 11.5 Å².